The van der Waals surface area contributed by atoms with Crippen LogP contribution in [0.3, 0.4) is 0 Å². The van der Waals surface area contributed by atoms with E-state index in [0.29, 0.717) is 6.04 Å². The molecule has 1 N–H and O–H groups in total. The summed E-state index contributed by atoms with van der Waals surface area (Å²) in [6.07, 6.45) is 3.92. The van der Waals surface area contributed by atoms with Crippen molar-refractivity contribution in [2.45, 2.75) is 39.7 Å². The van der Waals surface area contributed by atoms with Gasteiger partial charge in [0.1, 0.15) is 5.75 Å². The Bertz CT molecular complexity index is 562. The Labute approximate surface area is 126 Å². The van der Waals surface area contributed by atoms with Gasteiger partial charge in [-0.3, -0.25) is 4.98 Å². The zero-order chi connectivity index (χ0) is 15.2. The Kier molecular flexibility index (Phi) is 5.33. The van der Waals surface area contributed by atoms with E-state index in [0.717, 1.165) is 42.4 Å². The Morgan fingerprint density at radius 1 is 1.33 bits per heavy atom. The highest BCUT2D eigenvalue weighted by atomic mass is 16.5. The average molecular weight is 288 g/mol. The first kappa shape index (κ1) is 15.5. The van der Waals surface area contributed by atoms with Gasteiger partial charge < -0.3 is 10.1 Å². The topological polar surface area (TPSA) is 52.0 Å². The molecule has 0 amide bonds. The maximum Gasteiger partial charge on any atom is 0.217 e. The molecule has 1 unspecified atom stereocenters. The van der Waals surface area contributed by atoms with E-state index in [1.165, 1.54) is 0 Å². The Morgan fingerprint density at radius 3 is 2.67 bits per heavy atom. The summed E-state index contributed by atoms with van der Waals surface area (Å²) in [6.45, 7) is 7.28. The second kappa shape index (κ2) is 7.22. The summed E-state index contributed by atoms with van der Waals surface area (Å²) in [7, 11) is 1.87. The molecule has 0 aromatic carbocycles. The minimum absolute atomic E-state index is 0.304. The van der Waals surface area contributed by atoms with Crippen molar-refractivity contribution < 1.29 is 4.74 Å². The maximum atomic E-state index is 5.80. The molecule has 21 heavy (non-hydrogen) atoms. The van der Waals surface area contributed by atoms with E-state index in [1.807, 2.05) is 32.2 Å². The third-order valence-corrected chi connectivity index (χ3v) is 3.35. The SMILES string of the molecule is CCCNC(CC)c1ccc(Oc2cc(C)nn2C)cn1. The van der Waals surface area contributed by atoms with Gasteiger partial charge in [-0.25, -0.2) is 4.68 Å². The van der Waals surface area contributed by atoms with Crippen LogP contribution in [0.4, 0.5) is 0 Å². The minimum atomic E-state index is 0.304. The van der Waals surface area contributed by atoms with E-state index in [2.05, 4.69) is 29.2 Å². The summed E-state index contributed by atoms with van der Waals surface area (Å²) in [5, 5.41) is 7.76. The molecule has 0 fully saturated rings. The highest BCUT2D eigenvalue weighted by Gasteiger charge is 2.10. The van der Waals surface area contributed by atoms with Gasteiger partial charge in [-0.1, -0.05) is 13.8 Å². The zero-order valence-electron chi connectivity index (χ0n) is 13.3. The average Bonchev–Trinajstić information content (AvgIpc) is 2.79. The van der Waals surface area contributed by atoms with Crippen molar-refractivity contribution in [1.29, 1.82) is 0 Å². The van der Waals surface area contributed by atoms with Crippen molar-refractivity contribution in [2.24, 2.45) is 7.05 Å². The quantitative estimate of drug-likeness (QED) is 0.848. The third-order valence-electron chi connectivity index (χ3n) is 3.35. The molecular formula is C16H24N4O. The smallest absolute Gasteiger partial charge is 0.217 e. The summed E-state index contributed by atoms with van der Waals surface area (Å²) >= 11 is 0. The first-order valence-corrected chi connectivity index (χ1v) is 7.51. The fourth-order valence-corrected chi connectivity index (χ4v) is 2.24. The monoisotopic (exact) mass is 288 g/mol. The predicted octanol–water partition coefficient (Wildman–Crippen LogP) is 3.37. The van der Waals surface area contributed by atoms with Crippen LogP contribution in [-0.4, -0.2) is 21.3 Å². The molecule has 0 aliphatic carbocycles. The number of rotatable bonds is 7. The van der Waals surface area contributed by atoms with Crippen molar-refractivity contribution in [2.75, 3.05) is 6.54 Å². The molecule has 0 aliphatic rings. The first-order valence-electron chi connectivity index (χ1n) is 7.51. The lowest BCUT2D eigenvalue weighted by molar-refractivity contribution is 0.427. The summed E-state index contributed by atoms with van der Waals surface area (Å²) in [4.78, 5) is 4.52. The number of ether oxygens (including phenoxy) is 1. The van der Waals surface area contributed by atoms with Gasteiger partial charge in [0, 0.05) is 19.2 Å². The number of nitrogens with zero attached hydrogens (tertiary/aromatic N) is 3. The van der Waals surface area contributed by atoms with Crippen LogP contribution in [0.2, 0.25) is 0 Å². The second-order valence-corrected chi connectivity index (χ2v) is 5.18. The molecular weight excluding hydrogens is 264 g/mol. The molecule has 0 bridgehead atoms. The van der Waals surface area contributed by atoms with E-state index in [9.17, 15) is 0 Å². The lowest BCUT2D eigenvalue weighted by atomic mass is 10.1. The first-order chi connectivity index (χ1) is 10.1. The molecule has 2 rings (SSSR count). The third kappa shape index (κ3) is 4.04. The van der Waals surface area contributed by atoms with Gasteiger partial charge in [0.25, 0.3) is 0 Å². The van der Waals surface area contributed by atoms with Crippen LogP contribution in [0.25, 0.3) is 0 Å². The number of hydrogen-bond acceptors (Lipinski definition) is 4. The molecule has 0 spiro atoms. The van der Waals surface area contributed by atoms with Gasteiger partial charge in [-0.05, 0) is 38.4 Å². The van der Waals surface area contributed by atoms with Crippen molar-refractivity contribution in [1.82, 2.24) is 20.1 Å². The van der Waals surface area contributed by atoms with Crippen molar-refractivity contribution in [3.05, 3.63) is 35.8 Å². The molecule has 2 aromatic rings. The lowest BCUT2D eigenvalue weighted by Gasteiger charge is -2.16. The molecule has 0 saturated carbocycles. The Balaban J connectivity index is 2.06. The summed E-state index contributed by atoms with van der Waals surface area (Å²) in [5.74, 6) is 1.45. The summed E-state index contributed by atoms with van der Waals surface area (Å²) in [6, 6.07) is 6.19. The van der Waals surface area contributed by atoms with Crippen molar-refractivity contribution in [3.8, 4) is 11.6 Å². The van der Waals surface area contributed by atoms with Crippen molar-refractivity contribution in [3.63, 3.8) is 0 Å². The van der Waals surface area contributed by atoms with Crippen LogP contribution < -0.4 is 10.1 Å². The zero-order valence-corrected chi connectivity index (χ0v) is 13.3. The van der Waals surface area contributed by atoms with E-state index in [1.54, 1.807) is 10.9 Å². The van der Waals surface area contributed by atoms with Crippen LogP contribution in [0, 0.1) is 6.92 Å². The van der Waals surface area contributed by atoms with E-state index in [-0.39, 0.29) is 0 Å². The van der Waals surface area contributed by atoms with Crippen LogP contribution in [-0.2, 0) is 7.05 Å². The summed E-state index contributed by atoms with van der Waals surface area (Å²) in [5.41, 5.74) is 1.99. The van der Waals surface area contributed by atoms with Gasteiger partial charge in [0.2, 0.25) is 5.88 Å². The standard InChI is InChI=1S/C16H24N4O/c1-5-9-17-14(6-2)15-8-7-13(11-18-15)21-16-10-12(3)19-20(16)4/h7-8,10-11,14,17H,5-6,9H2,1-4H3. The van der Waals surface area contributed by atoms with Crippen LogP contribution in [0.5, 0.6) is 11.6 Å². The van der Waals surface area contributed by atoms with Gasteiger partial charge in [-0.2, -0.15) is 5.10 Å². The fraction of sp³-hybridized carbons (Fsp3) is 0.500. The largest absolute Gasteiger partial charge is 0.438 e. The van der Waals surface area contributed by atoms with E-state index >= 15 is 0 Å². The molecule has 0 saturated heterocycles. The highest BCUT2D eigenvalue weighted by Crippen LogP contribution is 2.22. The highest BCUT2D eigenvalue weighted by molar-refractivity contribution is 5.27. The molecule has 2 heterocycles. The summed E-state index contributed by atoms with van der Waals surface area (Å²) < 4.78 is 7.52. The Morgan fingerprint density at radius 2 is 2.14 bits per heavy atom. The molecule has 2 aromatic heterocycles. The van der Waals surface area contributed by atoms with Crippen LogP contribution in [0.15, 0.2) is 24.4 Å². The number of aromatic nitrogens is 3. The lowest BCUT2D eigenvalue weighted by Crippen LogP contribution is -2.22. The number of aryl methyl sites for hydroxylation is 2. The van der Waals surface area contributed by atoms with Gasteiger partial charge in [-0.15, -0.1) is 0 Å². The predicted molar refractivity (Wildman–Crippen MR) is 83.6 cm³/mol. The molecule has 5 nitrogen and oxygen atoms in total. The molecule has 0 radical (unpaired) electrons. The number of pyridine rings is 1. The fourth-order valence-electron chi connectivity index (χ4n) is 2.24. The minimum Gasteiger partial charge on any atom is -0.438 e. The van der Waals surface area contributed by atoms with Crippen molar-refractivity contribution >= 4 is 0 Å². The van der Waals surface area contributed by atoms with Gasteiger partial charge >= 0.3 is 0 Å². The maximum absolute atomic E-state index is 5.80. The normalized spacial score (nSPS) is 12.4. The second-order valence-electron chi connectivity index (χ2n) is 5.18. The molecule has 1 atom stereocenters. The molecule has 0 aliphatic heterocycles. The number of hydrogen-bond donors (Lipinski definition) is 1. The van der Waals surface area contributed by atoms with Crippen LogP contribution >= 0.6 is 0 Å². The molecule has 5 heteroatoms. The van der Waals surface area contributed by atoms with Crippen LogP contribution in [0.1, 0.15) is 44.1 Å². The Hall–Kier alpha value is -1.88. The molecule has 114 valence electrons. The van der Waals surface area contributed by atoms with E-state index < -0.39 is 0 Å². The number of nitrogens with one attached hydrogen (secondary N) is 1. The van der Waals surface area contributed by atoms with Gasteiger partial charge in [0.15, 0.2) is 0 Å². The van der Waals surface area contributed by atoms with Gasteiger partial charge in [0.05, 0.1) is 17.6 Å². The van der Waals surface area contributed by atoms with E-state index in [4.69, 9.17) is 4.74 Å².